The van der Waals surface area contributed by atoms with Crippen LogP contribution in [0.5, 0.6) is 0 Å². The molecule has 4 fully saturated rings. The summed E-state index contributed by atoms with van der Waals surface area (Å²) < 4.78 is 5.24. The van der Waals surface area contributed by atoms with E-state index in [1.807, 2.05) is 0 Å². The number of esters is 1. The minimum Gasteiger partial charge on any atom is -0.469 e. The summed E-state index contributed by atoms with van der Waals surface area (Å²) in [6, 6.07) is 0. The number of fused-ring (bicyclic) bond motifs is 7. The third-order valence-corrected chi connectivity index (χ3v) is 13.0. The number of hydrogen-bond acceptors (Lipinski definition) is 4. The first kappa shape index (κ1) is 25.2. The molecule has 0 saturated heterocycles. The fraction of sp³-hybridized carbons (Fsp3) is 0.839. The molecular weight excluding hydrogens is 436 g/mol. The van der Waals surface area contributed by atoms with E-state index in [0.29, 0.717) is 12.2 Å². The number of ketones is 2. The van der Waals surface area contributed by atoms with Crippen LogP contribution < -0.4 is 0 Å². The molecule has 0 aromatic heterocycles. The smallest absolute Gasteiger partial charge is 0.311 e. The largest absolute Gasteiger partial charge is 0.469 e. The topological polar surface area (TPSA) is 60.4 Å². The van der Waals surface area contributed by atoms with Crippen LogP contribution in [-0.2, 0) is 19.1 Å². The molecule has 0 spiro atoms. The van der Waals surface area contributed by atoms with Crippen LogP contribution in [0.4, 0.5) is 0 Å². The Bertz CT molecular complexity index is 1020. The van der Waals surface area contributed by atoms with Crippen molar-refractivity contribution in [1.82, 2.24) is 0 Å². The zero-order valence-corrected chi connectivity index (χ0v) is 23.3. The third kappa shape index (κ3) is 3.00. The molecule has 5 aliphatic carbocycles. The average molecular weight is 483 g/mol. The molecular formula is C31H46O4. The van der Waals surface area contributed by atoms with Crippen molar-refractivity contribution in [2.75, 3.05) is 7.11 Å². The average Bonchev–Trinajstić information content (AvgIpc) is 2.78. The van der Waals surface area contributed by atoms with Crippen LogP contribution in [-0.4, -0.2) is 24.6 Å². The number of hydrogen-bond donors (Lipinski definition) is 0. The Morgan fingerprint density at radius 2 is 1.57 bits per heavy atom. The van der Waals surface area contributed by atoms with Crippen molar-refractivity contribution in [2.24, 2.45) is 50.2 Å². The predicted octanol–water partition coefficient (Wildman–Crippen LogP) is 6.71. The quantitative estimate of drug-likeness (QED) is 0.390. The molecule has 194 valence electrons. The predicted molar refractivity (Wildman–Crippen MR) is 136 cm³/mol. The summed E-state index contributed by atoms with van der Waals surface area (Å²) in [6.45, 7) is 15.9. The summed E-state index contributed by atoms with van der Waals surface area (Å²) in [5, 5.41) is 0. The lowest BCUT2D eigenvalue weighted by molar-refractivity contribution is -0.188. The molecule has 0 aromatic rings. The highest BCUT2D eigenvalue weighted by molar-refractivity contribution is 5.96. The van der Waals surface area contributed by atoms with E-state index in [1.54, 1.807) is 0 Å². The van der Waals surface area contributed by atoms with E-state index in [4.69, 9.17) is 4.74 Å². The number of methoxy groups -OCH3 is 1. The van der Waals surface area contributed by atoms with Crippen LogP contribution in [0.25, 0.3) is 0 Å². The lowest BCUT2D eigenvalue weighted by atomic mass is 9.33. The van der Waals surface area contributed by atoms with Gasteiger partial charge in [-0.25, -0.2) is 0 Å². The zero-order valence-electron chi connectivity index (χ0n) is 23.3. The number of ether oxygens (including phenoxy) is 1. The molecule has 0 aromatic carbocycles. The monoisotopic (exact) mass is 482 g/mol. The van der Waals surface area contributed by atoms with E-state index in [0.717, 1.165) is 51.4 Å². The molecule has 0 N–H and O–H groups in total. The van der Waals surface area contributed by atoms with E-state index in [-0.39, 0.29) is 56.6 Å². The molecule has 4 nitrogen and oxygen atoms in total. The first-order valence-corrected chi connectivity index (χ1v) is 14.0. The van der Waals surface area contributed by atoms with E-state index >= 15 is 0 Å². The van der Waals surface area contributed by atoms with Gasteiger partial charge in [0.05, 0.1) is 12.5 Å². The third-order valence-electron chi connectivity index (χ3n) is 13.0. The van der Waals surface area contributed by atoms with E-state index < -0.39 is 5.41 Å². The number of Topliss-reactive ketones (excluding diaryl/α,β-unsaturated/α-hetero) is 1. The molecule has 4 heteroatoms. The number of carbonyl (C=O) groups excluding carboxylic acids is 3. The van der Waals surface area contributed by atoms with Crippen molar-refractivity contribution in [3.63, 3.8) is 0 Å². The van der Waals surface area contributed by atoms with Crippen LogP contribution in [0.1, 0.15) is 106 Å². The second-order valence-electron chi connectivity index (χ2n) is 14.9. The highest BCUT2D eigenvalue weighted by Gasteiger charge is 2.70. The van der Waals surface area contributed by atoms with Crippen LogP contribution in [0.3, 0.4) is 0 Å². The lowest BCUT2D eigenvalue weighted by Crippen LogP contribution is -2.66. The van der Waals surface area contributed by atoms with Gasteiger partial charge in [0.15, 0.2) is 5.78 Å². The molecule has 0 radical (unpaired) electrons. The lowest BCUT2D eigenvalue weighted by Gasteiger charge is -2.69. The normalized spacial score (nSPS) is 50.7. The molecule has 0 bridgehead atoms. The van der Waals surface area contributed by atoms with Crippen molar-refractivity contribution in [2.45, 2.75) is 106 Å². The molecule has 5 aliphatic rings. The molecule has 0 heterocycles. The Morgan fingerprint density at radius 3 is 2.23 bits per heavy atom. The number of rotatable bonds is 1. The van der Waals surface area contributed by atoms with Gasteiger partial charge in [-0.05, 0) is 97.9 Å². The maximum absolute atomic E-state index is 14.3. The van der Waals surface area contributed by atoms with E-state index in [9.17, 15) is 14.4 Å². The van der Waals surface area contributed by atoms with Crippen molar-refractivity contribution in [1.29, 1.82) is 0 Å². The standard InChI is InChI=1S/C31H46O4/c1-26(2)22-9-12-31(7)24(29(22,5)11-10-23(26)33)21(32)17-19-20-18-28(4,25(34)35-8)14-13-27(20,3)15-16-30(19,31)6/h17,20,22,24H,9-16,18H2,1-8H3/t20-,22+,24-,27-,28-,29-,30-,31+/m1/s1. The maximum Gasteiger partial charge on any atom is 0.311 e. The molecule has 35 heavy (non-hydrogen) atoms. The van der Waals surface area contributed by atoms with Crippen LogP contribution in [0.15, 0.2) is 11.6 Å². The van der Waals surface area contributed by atoms with Crippen molar-refractivity contribution >= 4 is 17.5 Å². The Hall–Kier alpha value is -1.45. The minimum atomic E-state index is -0.490. The minimum absolute atomic E-state index is 0.0465. The first-order valence-electron chi connectivity index (χ1n) is 14.0. The Labute approximate surface area is 212 Å². The fourth-order valence-corrected chi connectivity index (χ4v) is 10.4. The summed E-state index contributed by atoms with van der Waals surface area (Å²) in [5.41, 5.74) is 0.244. The van der Waals surface area contributed by atoms with Gasteiger partial charge in [0.2, 0.25) is 0 Å². The van der Waals surface area contributed by atoms with Gasteiger partial charge >= 0.3 is 5.97 Å². The summed E-state index contributed by atoms with van der Waals surface area (Å²) >= 11 is 0. The molecule has 0 aliphatic heterocycles. The highest BCUT2D eigenvalue weighted by Crippen LogP contribution is 2.74. The first-order chi connectivity index (χ1) is 16.1. The summed E-state index contributed by atoms with van der Waals surface area (Å²) in [4.78, 5) is 40.0. The van der Waals surface area contributed by atoms with Gasteiger partial charge in [0, 0.05) is 17.8 Å². The molecule has 4 saturated carbocycles. The second kappa shape index (κ2) is 7.32. The van der Waals surface area contributed by atoms with Gasteiger partial charge < -0.3 is 4.74 Å². The second-order valence-corrected chi connectivity index (χ2v) is 14.9. The van der Waals surface area contributed by atoms with Crippen LogP contribution in [0, 0.1) is 50.2 Å². The fourth-order valence-electron chi connectivity index (χ4n) is 10.4. The molecule has 0 amide bonds. The van der Waals surface area contributed by atoms with Gasteiger partial charge in [-0.1, -0.05) is 47.1 Å². The number of allylic oxidation sites excluding steroid dienone is 2. The van der Waals surface area contributed by atoms with E-state index in [1.165, 1.54) is 12.7 Å². The van der Waals surface area contributed by atoms with E-state index in [2.05, 4.69) is 54.5 Å². The van der Waals surface area contributed by atoms with Crippen LogP contribution in [0.2, 0.25) is 0 Å². The van der Waals surface area contributed by atoms with Gasteiger partial charge in [-0.2, -0.15) is 0 Å². The highest BCUT2D eigenvalue weighted by atomic mass is 16.5. The zero-order chi connectivity index (χ0) is 25.8. The van der Waals surface area contributed by atoms with Gasteiger partial charge in [-0.3, -0.25) is 14.4 Å². The SMILES string of the molecule is COC(=O)[C@]1(C)CC[C@]2(C)CC[C@]3(C)C(=CC(=O)[C@@H]4[C@]5(C)CCC(=O)C(C)(C)[C@@H]5CC[C@@]43C)[C@H]2C1. The molecule has 0 unspecified atom stereocenters. The maximum atomic E-state index is 14.3. The van der Waals surface area contributed by atoms with Crippen molar-refractivity contribution in [3.8, 4) is 0 Å². The van der Waals surface area contributed by atoms with Crippen molar-refractivity contribution < 1.29 is 19.1 Å². The van der Waals surface area contributed by atoms with Gasteiger partial charge in [-0.15, -0.1) is 0 Å². The Morgan fingerprint density at radius 1 is 0.914 bits per heavy atom. The summed E-state index contributed by atoms with van der Waals surface area (Å²) in [6.07, 6.45) is 10.3. The molecule has 8 atom stereocenters. The Balaban J connectivity index is 1.62. The van der Waals surface area contributed by atoms with Crippen LogP contribution >= 0.6 is 0 Å². The Kier molecular flexibility index (Phi) is 5.27. The molecule has 5 rings (SSSR count). The summed E-state index contributed by atoms with van der Waals surface area (Å²) in [5.74, 6) is 0.980. The summed E-state index contributed by atoms with van der Waals surface area (Å²) in [7, 11) is 1.50. The van der Waals surface area contributed by atoms with Gasteiger partial charge in [0.1, 0.15) is 5.78 Å². The van der Waals surface area contributed by atoms with Gasteiger partial charge in [0.25, 0.3) is 0 Å². The number of carbonyl (C=O) groups is 3. The van der Waals surface area contributed by atoms with Crippen molar-refractivity contribution in [3.05, 3.63) is 11.6 Å².